The van der Waals surface area contributed by atoms with Crippen LogP contribution in [0.15, 0.2) is 60.7 Å². The highest BCUT2D eigenvalue weighted by atomic mass is 16.7. The van der Waals surface area contributed by atoms with Crippen molar-refractivity contribution in [1.29, 1.82) is 0 Å². The van der Waals surface area contributed by atoms with Gasteiger partial charge in [-0.1, -0.05) is 60.7 Å². The van der Waals surface area contributed by atoms with Gasteiger partial charge in [-0.3, -0.25) is 0 Å². The average Bonchev–Trinajstić information content (AvgIpc) is 2.60. The van der Waals surface area contributed by atoms with Crippen LogP contribution in [0.1, 0.15) is 24.0 Å². The molecule has 0 atom stereocenters. The fourth-order valence-corrected chi connectivity index (χ4v) is 1.98. The number of hydroxylamine groups is 1. The van der Waals surface area contributed by atoms with Gasteiger partial charge in [0.1, 0.15) is 6.61 Å². The van der Waals surface area contributed by atoms with Crippen molar-refractivity contribution in [2.75, 3.05) is 0 Å². The minimum Gasteiger partial charge on any atom is -0.443 e. The predicted molar refractivity (Wildman–Crippen MR) is 85.2 cm³/mol. The Morgan fingerprint density at radius 3 is 2.13 bits per heavy atom. The molecule has 0 saturated carbocycles. The Kier molecular flexibility index (Phi) is 6.65. The van der Waals surface area contributed by atoms with Crippen molar-refractivity contribution in [3.05, 3.63) is 71.8 Å². The van der Waals surface area contributed by atoms with Gasteiger partial charge in [-0.25, -0.2) is 9.59 Å². The fraction of sp³-hybridized carbons (Fsp3) is 0.222. The van der Waals surface area contributed by atoms with Crippen LogP contribution in [0.3, 0.4) is 0 Å². The number of hydrogen-bond donors (Lipinski definition) is 1. The van der Waals surface area contributed by atoms with Crippen LogP contribution in [0.25, 0.3) is 0 Å². The van der Waals surface area contributed by atoms with E-state index in [2.05, 4.69) is 4.84 Å². The zero-order valence-corrected chi connectivity index (χ0v) is 12.7. The number of hydrogen-bond acceptors (Lipinski definition) is 4. The molecule has 5 heteroatoms. The van der Waals surface area contributed by atoms with Crippen LogP contribution in [0.2, 0.25) is 0 Å². The summed E-state index contributed by atoms with van der Waals surface area (Å²) in [5, 5.41) is 0. The van der Waals surface area contributed by atoms with Crippen LogP contribution >= 0.6 is 0 Å². The highest BCUT2D eigenvalue weighted by molar-refractivity contribution is 5.73. The summed E-state index contributed by atoms with van der Waals surface area (Å²) in [7, 11) is 0. The minimum atomic E-state index is -0.787. The van der Waals surface area contributed by atoms with Crippen molar-refractivity contribution in [2.24, 2.45) is 0 Å². The van der Waals surface area contributed by atoms with Crippen LogP contribution in [0.5, 0.6) is 0 Å². The molecule has 0 unspecified atom stereocenters. The van der Waals surface area contributed by atoms with Crippen molar-refractivity contribution in [2.45, 2.75) is 25.9 Å². The summed E-state index contributed by atoms with van der Waals surface area (Å²) in [5.41, 5.74) is 4.01. The van der Waals surface area contributed by atoms with Crippen LogP contribution in [-0.2, 0) is 27.4 Å². The summed E-state index contributed by atoms with van der Waals surface area (Å²) in [4.78, 5) is 27.6. The molecule has 1 N–H and O–H groups in total. The molecule has 0 aliphatic rings. The second-order valence-corrected chi connectivity index (χ2v) is 4.98. The van der Waals surface area contributed by atoms with Crippen molar-refractivity contribution in [1.82, 2.24) is 5.48 Å². The number of benzene rings is 2. The van der Waals surface area contributed by atoms with Crippen molar-refractivity contribution < 1.29 is 19.2 Å². The number of nitrogens with one attached hydrogen (secondary N) is 1. The van der Waals surface area contributed by atoms with Gasteiger partial charge in [-0.05, 0) is 24.0 Å². The molecule has 0 fully saturated rings. The topological polar surface area (TPSA) is 64.6 Å². The first-order valence-corrected chi connectivity index (χ1v) is 7.44. The first-order valence-electron chi connectivity index (χ1n) is 7.44. The van der Waals surface area contributed by atoms with E-state index in [1.807, 2.05) is 66.1 Å². The molecule has 0 radical (unpaired) electrons. The fourth-order valence-electron chi connectivity index (χ4n) is 1.98. The standard InChI is InChI=1S/C18H19NO4/c20-17(13-7-12-15-8-3-1-4-9-15)23-19-18(21)22-14-16-10-5-2-6-11-16/h1-6,8-11H,7,12-14H2,(H,19,21). The number of rotatable bonds is 6. The Hall–Kier alpha value is -2.82. The third-order valence-corrected chi connectivity index (χ3v) is 3.15. The Morgan fingerprint density at radius 1 is 0.870 bits per heavy atom. The van der Waals surface area contributed by atoms with Crippen LogP contribution in [-0.4, -0.2) is 12.1 Å². The Morgan fingerprint density at radius 2 is 1.48 bits per heavy atom. The van der Waals surface area contributed by atoms with E-state index < -0.39 is 12.1 Å². The summed E-state index contributed by atoms with van der Waals surface area (Å²) in [6.45, 7) is 0.123. The Balaban J connectivity index is 1.57. The average molecular weight is 313 g/mol. The van der Waals surface area contributed by atoms with Gasteiger partial charge in [0.05, 0.1) is 0 Å². The van der Waals surface area contributed by atoms with E-state index in [1.165, 1.54) is 0 Å². The van der Waals surface area contributed by atoms with Gasteiger partial charge in [0.25, 0.3) is 0 Å². The monoisotopic (exact) mass is 313 g/mol. The summed E-state index contributed by atoms with van der Waals surface area (Å²) in [6.07, 6.45) is 0.886. The molecule has 0 heterocycles. The van der Waals surface area contributed by atoms with Gasteiger partial charge in [-0.2, -0.15) is 0 Å². The zero-order chi connectivity index (χ0) is 16.3. The molecule has 1 amide bonds. The molecule has 2 rings (SSSR count). The molecule has 2 aromatic carbocycles. The van der Waals surface area contributed by atoms with Crippen molar-refractivity contribution in [3.8, 4) is 0 Å². The van der Waals surface area contributed by atoms with Crippen molar-refractivity contribution in [3.63, 3.8) is 0 Å². The maximum absolute atomic E-state index is 11.5. The number of carbonyl (C=O) groups is 2. The molecule has 0 aliphatic heterocycles. The van der Waals surface area contributed by atoms with E-state index >= 15 is 0 Å². The van der Waals surface area contributed by atoms with Crippen LogP contribution in [0.4, 0.5) is 4.79 Å². The van der Waals surface area contributed by atoms with E-state index in [-0.39, 0.29) is 13.0 Å². The predicted octanol–water partition coefficient (Wildman–Crippen LogP) is 3.39. The lowest BCUT2D eigenvalue weighted by Crippen LogP contribution is -2.27. The van der Waals surface area contributed by atoms with E-state index in [4.69, 9.17) is 4.74 Å². The smallest absolute Gasteiger partial charge is 0.441 e. The highest BCUT2D eigenvalue weighted by Crippen LogP contribution is 2.05. The Bertz CT molecular complexity index is 613. The third-order valence-electron chi connectivity index (χ3n) is 3.15. The second-order valence-electron chi connectivity index (χ2n) is 4.98. The molecule has 23 heavy (non-hydrogen) atoms. The molecule has 0 aromatic heterocycles. The number of aryl methyl sites for hydroxylation is 1. The van der Waals surface area contributed by atoms with Crippen LogP contribution in [0, 0.1) is 0 Å². The van der Waals surface area contributed by atoms with Gasteiger partial charge in [0.2, 0.25) is 0 Å². The van der Waals surface area contributed by atoms with E-state index in [9.17, 15) is 9.59 Å². The molecular weight excluding hydrogens is 294 g/mol. The molecular formula is C18H19NO4. The molecule has 0 spiro atoms. The van der Waals surface area contributed by atoms with Gasteiger partial charge >= 0.3 is 12.1 Å². The maximum Gasteiger partial charge on any atom is 0.441 e. The van der Waals surface area contributed by atoms with Gasteiger partial charge in [0, 0.05) is 6.42 Å². The van der Waals surface area contributed by atoms with Crippen LogP contribution < -0.4 is 5.48 Å². The first-order chi connectivity index (χ1) is 11.2. The third kappa shape index (κ3) is 6.65. The summed E-state index contributed by atoms with van der Waals surface area (Å²) in [5.74, 6) is -0.488. The second kappa shape index (κ2) is 9.25. The molecule has 0 saturated heterocycles. The Labute approximate surface area is 135 Å². The highest BCUT2D eigenvalue weighted by Gasteiger charge is 2.08. The molecule has 5 nitrogen and oxygen atoms in total. The molecule has 120 valence electrons. The zero-order valence-electron chi connectivity index (χ0n) is 12.7. The number of ether oxygens (including phenoxy) is 1. The largest absolute Gasteiger partial charge is 0.443 e. The molecule has 2 aromatic rings. The first kappa shape index (κ1) is 16.5. The number of carbonyl (C=O) groups excluding carboxylic acids is 2. The maximum atomic E-state index is 11.5. The lowest BCUT2D eigenvalue weighted by atomic mass is 10.1. The molecule has 0 bridgehead atoms. The summed E-state index contributed by atoms with van der Waals surface area (Å²) in [6, 6.07) is 19.1. The minimum absolute atomic E-state index is 0.123. The summed E-state index contributed by atoms with van der Waals surface area (Å²) >= 11 is 0. The van der Waals surface area contributed by atoms with E-state index in [0.717, 1.165) is 17.5 Å². The van der Waals surface area contributed by atoms with E-state index in [0.29, 0.717) is 6.42 Å². The SMILES string of the molecule is O=C(CCCc1ccccc1)ONC(=O)OCc1ccccc1. The van der Waals surface area contributed by atoms with Gasteiger partial charge in [0.15, 0.2) is 0 Å². The quantitative estimate of drug-likeness (QED) is 0.830. The lowest BCUT2D eigenvalue weighted by Gasteiger charge is -2.07. The molecule has 0 aliphatic carbocycles. The number of amides is 1. The lowest BCUT2D eigenvalue weighted by molar-refractivity contribution is -0.149. The van der Waals surface area contributed by atoms with Crippen molar-refractivity contribution >= 4 is 12.1 Å². The van der Waals surface area contributed by atoms with Gasteiger partial charge < -0.3 is 9.57 Å². The van der Waals surface area contributed by atoms with E-state index in [1.54, 1.807) is 0 Å². The van der Waals surface area contributed by atoms with Gasteiger partial charge in [-0.15, -0.1) is 5.48 Å². The normalized spacial score (nSPS) is 9.91. The summed E-state index contributed by atoms with van der Waals surface area (Å²) < 4.78 is 4.93.